The maximum atomic E-state index is 14.2. The lowest BCUT2D eigenvalue weighted by molar-refractivity contribution is 0.262. The SMILES string of the molecule is O=C(Nc1ccc(F)c(CN2CCCC2)c1)Nc1ncc(CCNc2ncnc3ccsc23)s1. The van der Waals surface area contributed by atoms with E-state index in [9.17, 15) is 9.18 Å². The second-order valence-electron chi connectivity index (χ2n) is 8.03. The number of likely N-dealkylation sites (tertiary alicyclic amines) is 1. The Bertz CT molecular complexity index is 1290. The zero-order valence-corrected chi connectivity index (χ0v) is 20.0. The number of nitrogens with zero attached hydrogens (tertiary/aromatic N) is 4. The highest BCUT2D eigenvalue weighted by atomic mass is 32.1. The molecule has 0 spiro atoms. The summed E-state index contributed by atoms with van der Waals surface area (Å²) >= 11 is 3.03. The van der Waals surface area contributed by atoms with E-state index in [0.29, 0.717) is 29.5 Å². The molecule has 1 fully saturated rings. The summed E-state index contributed by atoms with van der Waals surface area (Å²) in [6.45, 7) is 3.21. The van der Waals surface area contributed by atoms with Crippen LogP contribution in [0, 0.1) is 5.82 Å². The van der Waals surface area contributed by atoms with Gasteiger partial charge in [0.25, 0.3) is 0 Å². The number of hydrogen-bond acceptors (Lipinski definition) is 8. The van der Waals surface area contributed by atoms with Crippen LogP contribution in [0.5, 0.6) is 0 Å². The number of anilines is 3. The Kier molecular flexibility index (Phi) is 6.93. The predicted molar refractivity (Wildman–Crippen MR) is 135 cm³/mol. The number of benzene rings is 1. The van der Waals surface area contributed by atoms with Gasteiger partial charge < -0.3 is 10.6 Å². The Morgan fingerprint density at radius 3 is 2.88 bits per heavy atom. The van der Waals surface area contributed by atoms with Crippen molar-refractivity contribution in [1.29, 1.82) is 0 Å². The van der Waals surface area contributed by atoms with Gasteiger partial charge in [-0.05, 0) is 55.6 Å². The molecule has 1 saturated heterocycles. The van der Waals surface area contributed by atoms with E-state index in [1.807, 2.05) is 11.4 Å². The average Bonchev–Trinajstić information content (AvgIpc) is 3.59. The standard InChI is InChI=1S/C23H24FN7OS2/c24-18-4-3-16(11-15(18)13-31-8-1-2-9-31)29-22(32)30-23-26-12-17(34-23)5-7-25-21-20-19(6-10-33-20)27-14-28-21/h3-4,6,10-12,14H,1-2,5,7-9,13H2,(H,25,27,28)(H2,26,29,30,32). The molecule has 0 atom stereocenters. The van der Waals surface area contributed by atoms with Crippen LogP contribution < -0.4 is 16.0 Å². The number of rotatable bonds is 8. The maximum absolute atomic E-state index is 14.2. The summed E-state index contributed by atoms with van der Waals surface area (Å²) in [6, 6.07) is 6.23. The van der Waals surface area contributed by atoms with Crippen molar-refractivity contribution >= 4 is 55.6 Å². The monoisotopic (exact) mass is 497 g/mol. The highest BCUT2D eigenvalue weighted by molar-refractivity contribution is 7.17. The van der Waals surface area contributed by atoms with Crippen LogP contribution in [-0.2, 0) is 13.0 Å². The molecule has 11 heteroatoms. The van der Waals surface area contributed by atoms with Gasteiger partial charge in [0.15, 0.2) is 5.13 Å². The van der Waals surface area contributed by atoms with Gasteiger partial charge in [-0.25, -0.2) is 24.1 Å². The molecule has 3 N–H and O–H groups in total. The third-order valence-electron chi connectivity index (χ3n) is 5.58. The normalized spacial score (nSPS) is 13.9. The Morgan fingerprint density at radius 1 is 1.12 bits per heavy atom. The van der Waals surface area contributed by atoms with E-state index in [1.165, 1.54) is 17.4 Å². The lowest BCUT2D eigenvalue weighted by Gasteiger charge is -2.16. The second-order valence-corrected chi connectivity index (χ2v) is 10.1. The van der Waals surface area contributed by atoms with Gasteiger partial charge >= 0.3 is 6.03 Å². The van der Waals surface area contributed by atoms with Gasteiger partial charge in [-0.15, -0.1) is 22.7 Å². The number of aromatic nitrogens is 3. The molecule has 176 valence electrons. The molecule has 0 bridgehead atoms. The van der Waals surface area contributed by atoms with Gasteiger partial charge in [0.1, 0.15) is 18.0 Å². The van der Waals surface area contributed by atoms with E-state index >= 15 is 0 Å². The summed E-state index contributed by atoms with van der Waals surface area (Å²) in [5, 5.41) is 11.4. The molecule has 1 aliphatic heterocycles. The molecular weight excluding hydrogens is 473 g/mol. The largest absolute Gasteiger partial charge is 0.368 e. The summed E-state index contributed by atoms with van der Waals surface area (Å²) in [6.07, 6.45) is 6.35. The maximum Gasteiger partial charge on any atom is 0.325 e. The topological polar surface area (TPSA) is 95.1 Å². The van der Waals surface area contributed by atoms with Gasteiger partial charge in [-0.2, -0.15) is 0 Å². The zero-order chi connectivity index (χ0) is 23.3. The van der Waals surface area contributed by atoms with Crippen molar-refractivity contribution in [3.63, 3.8) is 0 Å². The molecule has 0 aliphatic carbocycles. The number of carbonyl (C=O) groups excluding carboxylic acids is 1. The lowest BCUT2D eigenvalue weighted by Crippen LogP contribution is -2.21. The summed E-state index contributed by atoms with van der Waals surface area (Å²) < 4.78 is 15.2. The minimum absolute atomic E-state index is 0.252. The third-order valence-corrected chi connectivity index (χ3v) is 7.46. The van der Waals surface area contributed by atoms with Crippen LogP contribution in [0.2, 0.25) is 0 Å². The fourth-order valence-electron chi connectivity index (χ4n) is 3.91. The van der Waals surface area contributed by atoms with Crippen LogP contribution in [0.4, 0.5) is 25.8 Å². The Labute approximate surface area is 204 Å². The Hall–Kier alpha value is -3.15. The summed E-state index contributed by atoms with van der Waals surface area (Å²) in [7, 11) is 0. The lowest BCUT2D eigenvalue weighted by atomic mass is 10.1. The molecule has 0 unspecified atom stereocenters. The van der Waals surface area contributed by atoms with Crippen LogP contribution in [0.25, 0.3) is 10.2 Å². The van der Waals surface area contributed by atoms with E-state index in [4.69, 9.17) is 0 Å². The van der Waals surface area contributed by atoms with E-state index in [1.54, 1.807) is 36.0 Å². The van der Waals surface area contributed by atoms with Gasteiger partial charge in [-0.3, -0.25) is 10.2 Å². The number of carbonyl (C=O) groups is 1. The van der Waals surface area contributed by atoms with Crippen molar-refractivity contribution in [1.82, 2.24) is 19.9 Å². The highest BCUT2D eigenvalue weighted by Gasteiger charge is 2.15. The number of thiazole rings is 1. The quantitative estimate of drug-likeness (QED) is 0.310. The van der Waals surface area contributed by atoms with E-state index in [-0.39, 0.29) is 5.82 Å². The minimum Gasteiger partial charge on any atom is -0.368 e. The first-order chi connectivity index (χ1) is 16.6. The first kappa shape index (κ1) is 22.6. The molecule has 4 aromatic rings. The molecule has 34 heavy (non-hydrogen) atoms. The number of halogens is 1. The summed E-state index contributed by atoms with van der Waals surface area (Å²) in [5.74, 6) is 0.573. The van der Waals surface area contributed by atoms with Gasteiger partial charge in [-0.1, -0.05) is 0 Å². The van der Waals surface area contributed by atoms with Crippen LogP contribution in [0.3, 0.4) is 0 Å². The van der Waals surface area contributed by atoms with Crippen LogP contribution in [-0.4, -0.2) is 45.5 Å². The zero-order valence-electron chi connectivity index (χ0n) is 18.4. The van der Waals surface area contributed by atoms with E-state index in [0.717, 1.165) is 53.3 Å². The molecule has 4 heterocycles. The van der Waals surface area contributed by atoms with Crippen molar-refractivity contribution in [2.45, 2.75) is 25.8 Å². The molecule has 1 aliphatic rings. The van der Waals surface area contributed by atoms with Crippen LogP contribution in [0.1, 0.15) is 23.3 Å². The summed E-state index contributed by atoms with van der Waals surface area (Å²) in [5.41, 5.74) is 2.08. The Balaban J connectivity index is 1.12. The van der Waals surface area contributed by atoms with Gasteiger partial charge in [0.2, 0.25) is 0 Å². The molecule has 2 amide bonds. The highest BCUT2D eigenvalue weighted by Crippen LogP contribution is 2.25. The van der Waals surface area contributed by atoms with E-state index in [2.05, 4.69) is 35.8 Å². The third kappa shape index (κ3) is 5.49. The number of nitrogens with one attached hydrogen (secondary N) is 3. The molecule has 1 aromatic carbocycles. The number of fused-ring (bicyclic) bond motifs is 1. The van der Waals surface area contributed by atoms with Gasteiger partial charge in [0.05, 0.1) is 10.2 Å². The number of thiophene rings is 1. The molecule has 3 aromatic heterocycles. The first-order valence-corrected chi connectivity index (χ1v) is 12.8. The fraction of sp³-hybridized carbons (Fsp3) is 0.304. The number of hydrogen-bond donors (Lipinski definition) is 3. The summed E-state index contributed by atoms with van der Waals surface area (Å²) in [4.78, 5) is 28.6. The molecule has 5 rings (SSSR count). The predicted octanol–water partition coefficient (Wildman–Crippen LogP) is 5.18. The van der Waals surface area contributed by atoms with Gasteiger partial charge in [0, 0.05) is 41.8 Å². The fourth-order valence-corrected chi connectivity index (χ4v) is 5.53. The first-order valence-electron chi connectivity index (χ1n) is 11.1. The van der Waals surface area contributed by atoms with Crippen LogP contribution in [0.15, 0.2) is 42.2 Å². The van der Waals surface area contributed by atoms with E-state index < -0.39 is 6.03 Å². The molecule has 8 nitrogen and oxygen atoms in total. The smallest absolute Gasteiger partial charge is 0.325 e. The van der Waals surface area contributed by atoms with Crippen molar-refractivity contribution in [2.75, 3.05) is 35.6 Å². The average molecular weight is 498 g/mol. The van der Waals surface area contributed by atoms with Crippen molar-refractivity contribution in [3.8, 4) is 0 Å². The Morgan fingerprint density at radius 2 is 2.00 bits per heavy atom. The minimum atomic E-state index is -0.404. The van der Waals surface area contributed by atoms with Crippen molar-refractivity contribution < 1.29 is 9.18 Å². The molecule has 0 radical (unpaired) electrons. The molecular formula is C23H24FN7OS2. The van der Waals surface area contributed by atoms with Crippen molar-refractivity contribution in [3.05, 3.63) is 58.4 Å². The number of urea groups is 1. The van der Waals surface area contributed by atoms with Crippen LogP contribution >= 0.6 is 22.7 Å². The molecule has 0 saturated carbocycles. The number of amides is 2. The second kappa shape index (κ2) is 10.4. The van der Waals surface area contributed by atoms with Crippen molar-refractivity contribution in [2.24, 2.45) is 0 Å².